The summed E-state index contributed by atoms with van der Waals surface area (Å²) in [5.74, 6) is 0.309. The van der Waals surface area contributed by atoms with Crippen molar-refractivity contribution in [2.45, 2.75) is 38.1 Å². The second-order valence-electron chi connectivity index (χ2n) is 9.73. The van der Waals surface area contributed by atoms with Crippen molar-refractivity contribution in [3.05, 3.63) is 78.0 Å². The summed E-state index contributed by atoms with van der Waals surface area (Å²) in [5, 5.41) is 14.8. The molecule has 0 aliphatic heterocycles. The summed E-state index contributed by atoms with van der Waals surface area (Å²) in [5.41, 5.74) is 9.86. The average molecular weight is 551 g/mol. The van der Waals surface area contributed by atoms with Crippen molar-refractivity contribution < 1.29 is 14.3 Å². The Morgan fingerprint density at radius 2 is 1.95 bits per heavy atom. The van der Waals surface area contributed by atoms with Gasteiger partial charge in [0.25, 0.3) is 5.91 Å². The molecule has 11 heteroatoms. The Labute approximate surface area is 237 Å². The van der Waals surface area contributed by atoms with Gasteiger partial charge in [-0.2, -0.15) is 5.26 Å². The van der Waals surface area contributed by atoms with E-state index in [0.717, 1.165) is 24.1 Å². The zero-order valence-corrected chi connectivity index (χ0v) is 22.4. The van der Waals surface area contributed by atoms with E-state index in [9.17, 15) is 9.59 Å². The first kappa shape index (κ1) is 27.5. The fourth-order valence-corrected chi connectivity index (χ4v) is 4.77. The standard InChI is InChI=1S/C30H30N8O3/c31-17-20-11-13-33-25(16-20)37-30(40)22-9-7-21(8-10-22)27-28-29(32)34-18-24(38(28)19-35-27)6-3-14-41-15-12-26(39)36-23-4-1-2-5-23/h3,6-11,13,16,18-19,23H,1-2,4-5,12,14-15H2,(H2,32,34)(H,36,39)(H,33,37,40)/b6-3+. The molecule has 41 heavy (non-hydrogen) atoms. The van der Waals surface area contributed by atoms with E-state index in [-0.39, 0.29) is 11.8 Å². The highest BCUT2D eigenvalue weighted by molar-refractivity contribution is 6.04. The van der Waals surface area contributed by atoms with Crippen molar-refractivity contribution >= 4 is 35.0 Å². The first-order valence-electron chi connectivity index (χ1n) is 13.4. The highest BCUT2D eigenvalue weighted by atomic mass is 16.5. The summed E-state index contributed by atoms with van der Waals surface area (Å²) in [6.45, 7) is 0.703. The number of benzene rings is 1. The van der Waals surface area contributed by atoms with Crippen LogP contribution in [0.4, 0.5) is 11.6 Å². The third-order valence-electron chi connectivity index (χ3n) is 6.87. The minimum absolute atomic E-state index is 0.0346. The SMILES string of the molecule is N#Cc1ccnc(NC(=O)c2ccc(-c3ncn4c(/C=C/COCCC(=O)NC5CCCC5)cnc(N)c34)cc2)c1. The summed E-state index contributed by atoms with van der Waals surface area (Å²) >= 11 is 0. The second kappa shape index (κ2) is 12.8. The molecule has 0 bridgehead atoms. The quantitative estimate of drug-likeness (QED) is 0.250. The predicted molar refractivity (Wildman–Crippen MR) is 155 cm³/mol. The first-order chi connectivity index (χ1) is 20.0. The van der Waals surface area contributed by atoms with Crippen LogP contribution in [0.3, 0.4) is 0 Å². The monoisotopic (exact) mass is 550 g/mol. The molecule has 1 aliphatic rings. The molecule has 4 N–H and O–H groups in total. The fraction of sp³-hybridized carbons (Fsp3) is 0.267. The Hall–Kier alpha value is -5.08. The number of hydrogen-bond acceptors (Lipinski definition) is 8. The molecular weight excluding hydrogens is 520 g/mol. The Kier molecular flexibility index (Phi) is 8.61. The lowest BCUT2D eigenvalue weighted by Gasteiger charge is -2.11. The number of aromatic nitrogens is 4. The summed E-state index contributed by atoms with van der Waals surface area (Å²) in [6.07, 6.45) is 13.4. The molecule has 11 nitrogen and oxygen atoms in total. The third kappa shape index (κ3) is 6.74. The Bertz CT molecular complexity index is 1620. The molecule has 208 valence electrons. The van der Waals surface area contributed by atoms with Crippen molar-refractivity contribution in [2.75, 3.05) is 24.3 Å². The van der Waals surface area contributed by atoms with Crippen molar-refractivity contribution in [3.8, 4) is 17.3 Å². The fourth-order valence-electron chi connectivity index (χ4n) is 4.77. The van der Waals surface area contributed by atoms with Crippen LogP contribution < -0.4 is 16.4 Å². The largest absolute Gasteiger partial charge is 0.382 e. The number of fused-ring (bicyclic) bond motifs is 1. The molecule has 0 atom stereocenters. The number of nitrogens with zero attached hydrogens (tertiary/aromatic N) is 5. The highest BCUT2D eigenvalue weighted by Crippen LogP contribution is 2.28. The molecular formula is C30H30N8O3. The summed E-state index contributed by atoms with van der Waals surface area (Å²) < 4.78 is 7.46. The van der Waals surface area contributed by atoms with Gasteiger partial charge in [-0.25, -0.2) is 15.0 Å². The van der Waals surface area contributed by atoms with E-state index in [1.165, 1.54) is 25.1 Å². The van der Waals surface area contributed by atoms with Crippen LogP contribution in [0.5, 0.6) is 0 Å². The van der Waals surface area contributed by atoms with E-state index in [1.807, 2.05) is 22.6 Å². The van der Waals surface area contributed by atoms with Gasteiger partial charge >= 0.3 is 0 Å². The second-order valence-corrected chi connectivity index (χ2v) is 9.73. The molecule has 1 aliphatic carbocycles. The summed E-state index contributed by atoms with van der Waals surface area (Å²) in [6, 6.07) is 12.3. The van der Waals surface area contributed by atoms with Gasteiger partial charge in [0, 0.05) is 29.8 Å². The van der Waals surface area contributed by atoms with Crippen LogP contribution in [0.2, 0.25) is 0 Å². The average Bonchev–Trinajstić information content (AvgIpc) is 3.67. The van der Waals surface area contributed by atoms with Crippen molar-refractivity contribution in [1.29, 1.82) is 5.26 Å². The number of ether oxygens (including phenoxy) is 1. The maximum Gasteiger partial charge on any atom is 0.256 e. The van der Waals surface area contributed by atoms with Gasteiger partial charge in [-0.1, -0.05) is 31.1 Å². The number of nitrogen functional groups attached to an aromatic ring is 1. The zero-order chi connectivity index (χ0) is 28.6. The number of nitrogens with one attached hydrogen (secondary N) is 2. The number of pyridine rings is 1. The van der Waals surface area contributed by atoms with Gasteiger partial charge < -0.3 is 21.1 Å². The van der Waals surface area contributed by atoms with Crippen LogP contribution in [-0.2, 0) is 9.53 Å². The lowest BCUT2D eigenvalue weighted by molar-refractivity contribution is -0.122. The van der Waals surface area contributed by atoms with Crippen LogP contribution in [0.25, 0.3) is 22.9 Å². The molecule has 0 saturated heterocycles. The first-order valence-corrected chi connectivity index (χ1v) is 13.4. The molecule has 0 unspecified atom stereocenters. The van der Waals surface area contributed by atoms with Crippen LogP contribution >= 0.6 is 0 Å². The Morgan fingerprint density at radius 1 is 1.15 bits per heavy atom. The van der Waals surface area contributed by atoms with Crippen LogP contribution in [-0.4, -0.2) is 50.4 Å². The van der Waals surface area contributed by atoms with Gasteiger partial charge in [0.2, 0.25) is 5.91 Å². The topological polar surface area (TPSA) is 160 Å². The molecule has 1 fully saturated rings. The molecule has 2 amide bonds. The molecule has 5 rings (SSSR count). The maximum absolute atomic E-state index is 12.7. The van der Waals surface area contributed by atoms with Crippen LogP contribution in [0, 0.1) is 11.3 Å². The Balaban J connectivity index is 1.21. The molecule has 3 aromatic heterocycles. The lowest BCUT2D eigenvalue weighted by atomic mass is 10.1. The van der Waals surface area contributed by atoms with Gasteiger partial charge in [-0.05, 0) is 43.2 Å². The molecule has 3 heterocycles. The molecule has 4 aromatic rings. The van der Waals surface area contributed by atoms with E-state index in [4.69, 9.17) is 15.7 Å². The van der Waals surface area contributed by atoms with Crippen LogP contribution in [0.1, 0.15) is 53.7 Å². The smallest absolute Gasteiger partial charge is 0.256 e. The zero-order valence-electron chi connectivity index (χ0n) is 22.4. The van der Waals surface area contributed by atoms with E-state index < -0.39 is 0 Å². The number of amides is 2. The number of imidazole rings is 1. The maximum atomic E-state index is 12.7. The predicted octanol–water partition coefficient (Wildman–Crippen LogP) is 3.98. The van der Waals surface area contributed by atoms with E-state index in [1.54, 1.807) is 42.9 Å². The summed E-state index contributed by atoms with van der Waals surface area (Å²) in [7, 11) is 0. The molecule has 0 radical (unpaired) electrons. The molecule has 0 spiro atoms. The third-order valence-corrected chi connectivity index (χ3v) is 6.87. The number of nitriles is 1. The van der Waals surface area contributed by atoms with Crippen molar-refractivity contribution in [1.82, 2.24) is 24.7 Å². The van der Waals surface area contributed by atoms with Gasteiger partial charge in [0.1, 0.15) is 23.5 Å². The Morgan fingerprint density at radius 3 is 2.73 bits per heavy atom. The summed E-state index contributed by atoms with van der Waals surface area (Å²) in [4.78, 5) is 37.7. The number of anilines is 2. The van der Waals surface area contributed by atoms with Crippen molar-refractivity contribution in [3.63, 3.8) is 0 Å². The number of carbonyl (C=O) groups excluding carboxylic acids is 2. The van der Waals surface area contributed by atoms with E-state index in [2.05, 4.69) is 25.6 Å². The number of hydrogen-bond donors (Lipinski definition) is 3. The minimum Gasteiger partial charge on any atom is -0.382 e. The molecule has 1 saturated carbocycles. The lowest BCUT2D eigenvalue weighted by Crippen LogP contribution is -2.33. The minimum atomic E-state index is -0.348. The van der Waals surface area contributed by atoms with Gasteiger partial charge in [0.05, 0.1) is 42.4 Å². The van der Waals surface area contributed by atoms with Crippen LogP contribution in [0.15, 0.2) is 61.2 Å². The van der Waals surface area contributed by atoms with Gasteiger partial charge in [-0.3, -0.25) is 14.0 Å². The van der Waals surface area contributed by atoms with E-state index in [0.29, 0.717) is 59.6 Å². The highest BCUT2D eigenvalue weighted by Gasteiger charge is 2.17. The van der Waals surface area contributed by atoms with Gasteiger partial charge in [-0.15, -0.1) is 0 Å². The number of nitrogens with two attached hydrogens (primary N) is 1. The number of carbonyl (C=O) groups is 2. The van der Waals surface area contributed by atoms with Crippen molar-refractivity contribution in [2.24, 2.45) is 0 Å². The van der Waals surface area contributed by atoms with E-state index >= 15 is 0 Å². The normalized spacial score (nSPS) is 13.4. The number of rotatable bonds is 10. The molecule has 1 aromatic carbocycles. The van der Waals surface area contributed by atoms with Gasteiger partial charge in [0.15, 0.2) is 0 Å².